The fourth-order valence-electron chi connectivity index (χ4n) is 4.77. The molecule has 0 saturated carbocycles. The van der Waals surface area contributed by atoms with E-state index in [-0.39, 0.29) is 38.6 Å². The van der Waals surface area contributed by atoms with E-state index in [9.17, 15) is 19.0 Å². The van der Waals surface area contributed by atoms with Gasteiger partial charge in [0, 0.05) is 19.4 Å². The Morgan fingerprint density at radius 2 is 1.05 bits per heavy atom. The molecule has 2 unspecified atom stereocenters. The summed E-state index contributed by atoms with van der Waals surface area (Å²) in [5.41, 5.74) is 5.31. The van der Waals surface area contributed by atoms with Gasteiger partial charge in [-0.2, -0.15) is 0 Å². The molecular formula is C33H66NO8P. The van der Waals surface area contributed by atoms with Gasteiger partial charge < -0.3 is 20.1 Å². The third-order valence-corrected chi connectivity index (χ3v) is 8.33. The molecule has 0 aromatic rings. The van der Waals surface area contributed by atoms with E-state index in [2.05, 4.69) is 27.7 Å². The highest BCUT2D eigenvalue weighted by molar-refractivity contribution is 7.47. The van der Waals surface area contributed by atoms with Crippen molar-refractivity contribution in [3.8, 4) is 0 Å². The van der Waals surface area contributed by atoms with Crippen molar-refractivity contribution in [2.45, 2.75) is 162 Å². The molecule has 0 saturated heterocycles. The van der Waals surface area contributed by atoms with Crippen molar-refractivity contribution in [2.75, 3.05) is 26.4 Å². The summed E-state index contributed by atoms with van der Waals surface area (Å²) in [7, 11) is -4.36. The van der Waals surface area contributed by atoms with E-state index in [0.29, 0.717) is 6.42 Å². The normalized spacial score (nSPS) is 13.8. The largest absolute Gasteiger partial charge is 0.472 e. The number of ether oxygens (including phenoxy) is 2. The number of phosphoric ester groups is 1. The van der Waals surface area contributed by atoms with E-state index >= 15 is 0 Å². The standard InChI is InChI=1S/C33H66NO8P/c1-29(2)21-17-13-9-5-7-11-15-19-23-32(35)39-27-31(28-41-43(37,38)40-26-25-34)42-33(36)24-20-16-12-8-6-10-14-18-22-30(3)4/h29-31H,5-28,34H2,1-4H3,(H,37,38). The van der Waals surface area contributed by atoms with Crippen LogP contribution >= 0.6 is 7.82 Å². The molecule has 256 valence electrons. The molecular weight excluding hydrogens is 569 g/mol. The zero-order chi connectivity index (χ0) is 32.2. The molecule has 0 radical (unpaired) electrons. The van der Waals surface area contributed by atoms with Crippen molar-refractivity contribution >= 4 is 19.8 Å². The Morgan fingerprint density at radius 3 is 1.49 bits per heavy atom. The molecule has 9 nitrogen and oxygen atoms in total. The van der Waals surface area contributed by atoms with Gasteiger partial charge in [-0.3, -0.25) is 18.6 Å². The van der Waals surface area contributed by atoms with Gasteiger partial charge in [-0.1, -0.05) is 130 Å². The number of rotatable bonds is 31. The zero-order valence-electron chi connectivity index (χ0n) is 28.0. The van der Waals surface area contributed by atoms with Crippen LogP contribution in [-0.2, 0) is 32.7 Å². The predicted molar refractivity (Wildman–Crippen MR) is 174 cm³/mol. The minimum absolute atomic E-state index is 0.0559. The SMILES string of the molecule is CC(C)CCCCCCCCCCC(=O)OCC(COP(=O)(O)OCCN)OC(=O)CCCCCCCCCCC(C)C. The Balaban J connectivity index is 4.28. The number of esters is 2. The summed E-state index contributed by atoms with van der Waals surface area (Å²) in [5, 5.41) is 0. The molecule has 0 amide bonds. The van der Waals surface area contributed by atoms with E-state index < -0.39 is 26.5 Å². The molecule has 2 atom stereocenters. The van der Waals surface area contributed by atoms with Crippen LogP contribution in [0.2, 0.25) is 0 Å². The first-order valence-corrected chi connectivity index (χ1v) is 18.7. The van der Waals surface area contributed by atoms with Gasteiger partial charge in [0.1, 0.15) is 6.61 Å². The maximum atomic E-state index is 12.4. The summed E-state index contributed by atoms with van der Waals surface area (Å²) >= 11 is 0. The van der Waals surface area contributed by atoms with Crippen LogP contribution in [0.25, 0.3) is 0 Å². The highest BCUT2D eigenvalue weighted by atomic mass is 31.2. The van der Waals surface area contributed by atoms with Crippen molar-refractivity contribution in [2.24, 2.45) is 17.6 Å². The van der Waals surface area contributed by atoms with E-state index in [1.54, 1.807) is 0 Å². The lowest BCUT2D eigenvalue weighted by Gasteiger charge is -2.19. The van der Waals surface area contributed by atoms with E-state index in [1.165, 1.54) is 70.6 Å². The van der Waals surface area contributed by atoms with Gasteiger partial charge in [-0.25, -0.2) is 4.57 Å². The van der Waals surface area contributed by atoms with Gasteiger partial charge in [-0.15, -0.1) is 0 Å². The highest BCUT2D eigenvalue weighted by Crippen LogP contribution is 2.43. The fraction of sp³-hybridized carbons (Fsp3) is 0.939. The molecule has 0 bridgehead atoms. The van der Waals surface area contributed by atoms with Crippen molar-refractivity contribution in [1.29, 1.82) is 0 Å². The van der Waals surface area contributed by atoms with E-state index in [4.69, 9.17) is 24.3 Å². The number of phosphoric acid groups is 1. The van der Waals surface area contributed by atoms with Gasteiger partial charge in [0.15, 0.2) is 6.10 Å². The Morgan fingerprint density at radius 1 is 0.628 bits per heavy atom. The van der Waals surface area contributed by atoms with Crippen molar-refractivity contribution < 1.29 is 37.6 Å². The lowest BCUT2D eigenvalue weighted by atomic mass is 10.0. The predicted octanol–water partition coefficient (Wildman–Crippen LogP) is 8.65. The third-order valence-electron chi connectivity index (χ3n) is 7.35. The van der Waals surface area contributed by atoms with Gasteiger partial charge in [0.05, 0.1) is 13.2 Å². The quantitative estimate of drug-likeness (QED) is 0.0436. The lowest BCUT2D eigenvalue weighted by molar-refractivity contribution is -0.161. The molecule has 10 heteroatoms. The summed E-state index contributed by atoms with van der Waals surface area (Å²) in [6.07, 6.45) is 20.1. The van der Waals surface area contributed by atoms with Crippen LogP contribution in [0.3, 0.4) is 0 Å². The van der Waals surface area contributed by atoms with Gasteiger partial charge in [-0.05, 0) is 24.7 Å². The molecule has 0 aliphatic heterocycles. The molecule has 0 aromatic heterocycles. The minimum atomic E-state index is -4.36. The number of carbonyl (C=O) groups is 2. The van der Waals surface area contributed by atoms with Crippen LogP contribution in [0.1, 0.15) is 156 Å². The lowest BCUT2D eigenvalue weighted by Crippen LogP contribution is -2.29. The Hall–Kier alpha value is -0.990. The maximum absolute atomic E-state index is 12.4. The molecule has 0 rings (SSSR count). The number of unbranched alkanes of at least 4 members (excludes halogenated alkanes) is 14. The fourth-order valence-corrected chi connectivity index (χ4v) is 5.53. The van der Waals surface area contributed by atoms with Gasteiger partial charge in [0.2, 0.25) is 0 Å². The second kappa shape index (κ2) is 28.5. The number of nitrogens with two attached hydrogens (primary N) is 1. The molecule has 0 heterocycles. The molecule has 3 N–H and O–H groups in total. The summed E-state index contributed by atoms with van der Waals surface area (Å²) < 4.78 is 32.5. The molecule has 0 spiro atoms. The summed E-state index contributed by atoms with van der Waals surface area (Å²) in [5.74, 6) is 0.721. The Bertz CT molecular complexity index is 719. The number of hydrogen-bond donors (Lipinski definition) is 2. The summed E-state index contributed by atoms with van der Waals surface area (Å²) in [6.45, 7) is 8.28. The van der Waals surface area contributed by atoms with Crippen LogP contribution in [0, 0.1) is 11.8 Å². The van der Waals surface area contributed by atoms with Crippen molar-refractivity contribution in [1.82, 2.24) is 0 Å². The van der Waals surface area contributed by atoms with Gasteiger partial charge >= 0.3 is 19.8 Å². The number of hydrogen-bond acceptors (Lipinski definition) is 8. The molecule has 0 aliphatic rings. The maximum Gasteiger partial charge on any atom is 0.472 e. The van der Waals surface area contributed by atoms with Crippen LogP contribution in [0.4, 0.5) is 0 Å². The Kier molecular flexibility index (Phi) is 27.8. The average molecular weight is 636 g/mol. The second-order valence-electron chi connectivity index (χ2n) is 12.7. The summed E-state index contributed by atoms with van der Waals surface area (Å²) in [6, 6.07) is 0. The van der Waals surface area contributed by atoms with E-state index in [1.807, 2.05) is 0 Å². The second-order valence-corrected chi connectivity index (χ2v) is 14.2. The molecule has 0 aromatic carbocycles. The first-order chi connectivity index (χ1) is 20.6. The minimum Gasteiger partial charge on any atom is -0.462 e. The van der Waals surface area contributed by atoms with Crippen LogP contribution in [0.15, 0.2) is 0 Å². The van der Waals surface area contributed by atoms with Crippen molar-refractivity contribution in [3.63, 3.8) is 0 Å². The highest BCUT2D eigenvalue weighted by Gasteiger charge is 2.25. The zero-order valence-corrected chi connectivity index (χ0v) is 28.9. The first kappa shape index (κ1) is 42.0. The monoisotopic (exact) mass is 635 g/mol. The van der Waals surface area contributed by atoms with Crippen LogP contribution in [-0.4, -0.2) is 49.3 Å². The average Bonchev–Trinajstić information content (AvgIpc) is 2.95. The molecule has 43 heavy (non-hydrogen) atoms. The molecule has 0 fully saturated rings. The number of carbonyl (C=O) groups excluding carboxylic acids is 2. The molecule has 0 aliphatic carbocycles. The first-order valence-electron chi connectivity index (χ1n) is 17.2. The van der Waals surface area contributed by atoms with Crippen LogP contribution < -0.4 is 5.73 Å². The summed E-state index contributed by atoms with van der Waals surface area (Å²) in [4.78, 5) is 34.5. The van der Waals surface area contributed by atoms with E-state index in [0.717, 1.165) is 50.4 Å². The Labute approximate surface area is 263 Å². The van der Waals surface area contributed by atoms with Crippen molar-refractivity contribution in [3.05, 3.63) is 0 Å². The van der Waals surface area contributed by atoms with Gasteiger partial charge in [0.25, 0.3) is 0 Å². The topological polar surface area (TPSA) is 134 Å². The van der Waals surface area contributed by atoms with Crippen LogP contribution in [0.5, 0.6) is 0 Å². The smallest absolute Gasteiger partial charge is 0.462 e. The third kappa shape index (κ3) is 30.8.